The third kappa shape index (κ3) is 5.56. The summed E-state index contributed by atoms with van der Waals surface area (Å²) in [7, 11) is -3.74. The van der Waals surface area contributed by atoms with Crippen LogP contribution in [0, 0.1) is 5.41 Å². The molecule has 1 aromatic heterocycles. The Morgan fingerprint density at radius 3 is 2.24 bits per heavy atom. The summed E-state index contributed by atoms with van der Waals surface area (Å²) >= 11 is 0. The minimum absolute atomic E-state index is 0.00261. The predicted molar refractivity (Wildman–Crippen MR) is 146 cm³/mol. The zero-order chi connectivity index (χ0) is 27.9. The number of hydrogen-bond donors (Lipinski definition) is 3. The van der Waals surface area contributed by atoms with E-state index in [9.17, 15) is 18.3 Å². The summed E-state index contributed by atoms with van der Waals surface area (Å²) in [6, 6.07) is 16.2. The van der Waals surface area contributed by atoms with Gasteiger partial charge in [-0.15, -0.1) is 15.0 Å². The first-order valence-corrected chi connectivity index (χ1v) is 13.7. The van der Waals surface area contributed by atoms with Gasteiger partial charge in [0.25, 0.3) is 0 Å². The average molecular weight is 536 g/mol. The molecule has 4 aromatic rings. The Hall–Kier alpha value is -3.76. The Morgan fingerprint density at radius 1 is 0.947 bits per heavy atom. The minimum atomic E-state index is -3.74. The molecule has 4 rings (SSSR count). The SMILES string of the molecule is CC(C)(C)CC(C)(C)c1cc(CC(=O)NN)cc(-n2nc3ccc(S(=O)(=O)c4ccccc4)cc3n2)c1O. The topological polar surface area (TPSA) is 140 Å². The molecule has 200 valence electrons. The van der Waals surface area contributed by atoms with E-state index >= 15 is 0 Å². The Labute approximate surface area is 222 Å². The highest BCUT2D eigenvalue weighted by Crippen LogP contribution is 2.42. The molecule has 3 aromatic carbocycles. The van der Waals surface area contributed by atoms with Gasteiger partial charge in [0.05, 0.1) is 16.2 Å². The first-order chi connectivity index (χ1) is 17.7. The van der Waals surface area contributed by atoms with E-state index in [2.05, 4.69) is 36.4 Å². The van der Waals surface area contributed by atoms with Crippen molar-refractivity contribution < 1.29 is 18.3 Å². The summed E-state index contributed by atoms with van der Waals surface area (Å²) < 4.78 is 26.2. The van der Waals surface area contributed by atoms with Crippen molar-refractivity contribution >= 4 is 26.8 Å². The molecule has 1 amide bonds. The predicted octanol–water partition coefficient (Wildman–Crippen LogP) is 4.21. The molecular formula is C28H33N5O4S. The number of aromatic nitrogens is 3. The van der Waals surface area contributed by atoms with Crippen molar-refractivity contribution in [1.29, 1.82) is 0 Å². The molecular weight excluding hydrogens is 502 g/mol. The van der Waals surface area contributed by atoms with Gasteiger partial charge in [0.1, 0.15) is 22.5 Å². The van der Waals surface area contributed by atoms with Crippen LogP contribution in [0.25, 0.3) is 16.7 Å². The van der Waals surface area contributed by atoms with Crippen molar-refractivity contribution in [3.8, 4) is 11.4 Å². The monoisotopic (exact) mass is 535 g/mol. The number of phenolic OH excluding ortho intramolecular Hbond substituents is 1. The maximum absolute atomic E-state index is 13.1. The molecule has 0 saturated heterocycles. The van der Waals surface area contributed by atoms with Crippen LogP contribution >= 0.6 is 0 Å². The maximum atomic E-state index is 13.1. The number of carbonyl (C=O) groups excluding carboxylic acids is 1. The van der Waals surface area contributed by atoms with Gasteiger partial charge < -0.3 is 5.11 Å². The van der Waals surface area contributed by atoms with Gasteiger partial charge >= 0.3 is 0 Å². The van der Waals surface area contributed by atoms with E-state index in [1.54, 1.807) is 30.3 Å². The zero-order valence-electron chi connectivity index (χ0n) is 22.2. The summed E-state index contributed by atoms with van der Waals surface area (Å²) in [5.41, 5.74) is 4.04. The highest BCUT2D eigenvalue weighted by Gasteiger charge is 2.32. The Bertz CT molecular complexity index is 1600. The maximum Gasteiger partial charge on any atom is 0.238 e. The number of sulfone groups is 1. The van der Waals surface area contributed by atoms with Crippen LogP contribution in [0.5, 0.6) is 5.75 Å². The molecule has 0 bridgehead atoms. The van der Waals surface area contributed by atoms with Crippen LogP contribution in [0.4, 0.5) is 0 Å². The minimum Gasteiger partial charge on any atom is -0.505 e. The van der Waals surface area contributed by atoms with Crippen LogP contribution < -0.4 is 11.3 Å². The lowest BCUT2D eigenvalue weighted by Crippen LogP contribution is -2.31. The number of carbonyl (C=O) groups is 1. The first kappa shape index (κ1) is 27.3. The van der Waals surface area contributed by atoms with Crippen LogP contribution in [-0.2, 0) is 26.5 Å². The summed E-state index contributed by atoms with van der Waals surface area (Å²) in [6.45, 7) is 10.5. The van der Waals surface area contributed by atoms with Crippen molar-refractivity contribution in [3.63, 3.8) is 0 Å². The van der Waals surface area contributed by atoms with Gasteiger partial charge in [0, 0.05) is 5.56 Å². The lowest BCUT2D eigenvalue weighted by molar-refractivity contribution is -0.120. The fraction of sp³-hybridized carbons (Fsp3) is 0.321. The van der Waals surface area contributed by atoms with Crippen LogP contribution in [0.15, 0.2) is 70.5 Å². The van der Waals surface area contributed by atoms with E-state index in [0.717, 1.165) is 6.42 Å². The third-order valence-electron chi connectivity index (χ3n) is 6.31. The smallest absolute Gasteiger partial charge is 0.238 e. The van der Waals surface area contributed by atoms with Crippen LogP contribution in [-0.4, -0.2) is 34.4 Å². The lowest BCUT2D eigenvalue weighted by Gasteiger charge is -2.34. The van der Waals surface area contributed by atoms with Gasteiger partial charge in [-0.2, -0.15) is 0 Å². The van der Waals surface area contributed by atoms with Crippen molar-refractivity contribution in [3.05, 3.63) is 71.8 Å². The Balaban J connectivity index is 1.85. The molecule has 0 saturated carbocycles. The quantitative estimate of drug-likeness (QED) is 0.183. The number of nitrogens with one attached hydrogen (secondary N) is 1. The number of rotatable bonds is 7. The molecule has 0 aliphatic carbocycles. The number of nitrogens with zero attached hydrogens (tertiary/aromatic N) is 3. The van der Waals surface area contributed by atoms with Gasteiger partial charge in [0.15, 0.2) is 0 Å². The van der Waals surface area contributed by atoms with Gasteiger partial charge in [0.2, 0.25) is 15.7 Å². The second-order valence-corrected chi connectivity index (χ2v) is 13.3. The van der Waals surface area contributed by atoms with E-state index in [0.29, 0.717) is 22.2 Å². The standard InChI is InChI=1S/C28H33N5O4S/c1-27(2,3)17-28(4,5)21-13-18(15-25(34)30-29)14-24(26(21)35)33-31-22-12-11-20(16-23(22)32-33)38(36,37)19-9-7-6-8-10-19/h6-14,16,35H,15,17,29H2,1-5H3,(H,30,34). The summed E-state index contributed by atoms with van der Waals surface area (Å²) in [5, 5.41) is 20.4. The fourth-order valence-electron chi connectivity index (χ4n) is 5.01. The normalized spacial score (nSPS) is 12.6. The third-order valence-corrected chi connectivity index (χ3v) is 8.08. The Kier molecular flexibility index (Phi) is 7.07. The molecule has 0 atom stereocenters. The average Bonchev–Trinajstić information content (AvgIpc) is 3.27. The Morgan fingerprint density at radius 2 is 1.61 bits per heavy atom. The molecule has 0 radical (unpaired) electrons. The molecule has 0 fully saturated rings. The number of fused-ring (bicyclic) bond motifs is 1. The van der Waals surface area contributed by atoms with E-state index < -0.39 is 15.3 Å². The molecule has 1 heterocycles. The van der Waals surface area contributed by atoms with E-state index in [1.807, 2.05) is 19.9 Å². The summed E-state index contributed by atoms with van der Waals surface area (Å²) in [6.07, 6.45) is 0.761. The molecule has 10 heteroatoms. The molecule has 0 aliphatic rings. The second kappa shape index (κ2) is 9.85. The number of hydrogen-bond acceptors (Lipinski definition) is 7. The molecule has 9 nitrogen and oxygen atoms in total. The van der Waals surface area contributed by atoms with Crippen LogP contribution in [0.3, 0.4) is 0 Å². The molecule has 0 aliphatic heterocycles. The fourth-order valence-corrected chi connectivity index (χ4v) is 6.31. The summed E-state index contributed by atoms with van der Waals surface area (Å²) in [4.78, 5) is 13.6. The van der Waals surface area contributed by atoms with Crippen molar-refractivity contribution in [1.82, 2.24) is 20.4 Å². The van der Waals surface area contributed by atoms with E-state index in [1.165, 1.54) is 29.1 Å². The molecule has 0 unspecified atom stereocenters. The summed E-state index contributed by atoms with van der Waals surface area (Å²) in [5.74, 6) is 4.94. The van der Waals surface area contributed by atoms with Gasteiger partial charge in [-0.05, 0) is 59.2 Å². The molecule has 0 spiro atoms. The van der Waals surface area contributed by atoms with E-state index in [-0.39, 0.29) is 39.0 Å². The highest BCUT2D eigenvalue weighted by atomic mass is 32.2. The number of aromatic hydroxyl groups is 1. The van der Waals surface area contributed by atoms with Crippen molar-refractivity contribution in [2.75, 3.05) is 0 Å². The van der Waals surface area contributed by atoms with E-state index in [4.69, 9.17) is 5.84 Å². The van der Waals surface area contributed by atoms with Gasteiger partial charge in [-0.3, -0.25) is 10.2 Å². The zero-order valence-corrected chi connectivity index (χ0v) is 23.0. The number of phenols is 1. The number of amides is 1. The lowest BCUT2D eigenvalue weighted by atomic mass is 9.71. The van der Waals surface area contributed by atoms with Crippen molar-refractivity contribution in [2.24, 2.45) is 11.3 Å². The number of benzene rings is 3. The van der Waals surface area contributed by atoms with Crippen LogP contribution in [0.1, 0.15) is 52.2 Å². The molecule has 38 heavy (non-hydrogen) atoms. The van der Waals surface area contributed by atoms with Gasteiger partial charge in [-0.1, -0.05) is 58.9 Å². The number of nitrogens with two attached hydrogens (primary N) is 1. The largest absolute Gasteiger partial charge is 0.505 e. The molecule has 4 N–H and O–H groups in total. The second-order valence-electron chi connectivity index (χ2n) is 11.3. The highest BCUT2D eigenvalue weighted by molar-refractivity contribution is 7.91. The first-order valence-electron chi connectivity index (χ1n) is 12.2. The number of hydrazine groups is 1. The van der Waals surface area contributed by atoms with Crippen LogP contribution in [0.2, 0.25) is 0 Å². The van der Waals surface area contributed by atoms with Gasteiger partial charge in [-0.25, -0.2) is 14.3 Å². The van der Waals surface area contributed by atoms with Crippen molar-refractivity contribution in [2.45, 2.75) is 62.7 Å².